The minimum absolute atomic E-state index is 0. The Hall–Kier alpha value is -2.99. The average Bonchev–Trinajstić information content (AvgIpc) is 2.95. The van der Waals surface area contributed by atoms with Crippen molar-refractivity contribution in [2.75, 3.05) is 6.54 Å². The number of pyridine rings is 1. The second kappa shape index (κ2) is 25.9. The minimum atomic E-state index is -0.396. The number of hydrogen-bond acceptors (Lipinski definition) is 4. The van der Waals surface area contributed by atoms with Crippen molar-refractivity contribution in [1.82, 2.24) is 10.3 Å². The summed E-state index contributed by atoms with van der Waals surface area (Å²) in [4.78, 5) is 41.3. The van der Waals surface area contributed by atoms with E-state index in [-0.39, 0.29) is 43.3 Å². The number of allylic oxidation sites excluding steroid dienone is 10. The van der Waals surface area contributed by atoms with Crippen molar-refractivity contribution in [3.8, 4) is 0 Å². The predicted octanol–water partition coefficient (Wildman–Crippen LogP) is 8.43. The first kappa shape index (κ1) is 38.0. The number of nitrogens with one attached hydrogen (secondary N) is 1. The lowest BCUT2D eigenvalue weighted by molar-refractivity contribution is -0.126. The number of nitrogens with zero attached hydrogens (tertiary/aromatic N) is 1. The summed E-state index contributed by atoms with van der Waals surface area (Å²) in [6.45, 7) is 6.49. The molecule has 0 aromatic carbocycles. The third-order valence-corrected chi connectivity index (χ3v) is 6.45. The number of carbonyl (C=O) groups is 3. The Morgan fingerprint density at radius 3 is 1.93 bits per heavy atom. The first-order chi connectivity index (χ1) is 19.5. The van der Waals surface area contributed by atoms with Gasteiger partial charge in [0, 0.05) is 49.7 Å². The van der Waals surface area contributed by atoms with Gasteiger partial charge < -0.3 is 5.32 Å². The van der Waals surface area contributed by atoms with Crippen molar-refractivity contribution in [2.24, 2.45) is 11.8 Å². The van der Waals surface area contributed by atoms with Gasteiger partial charge in [-0.1, -0.05) is 81.5 Å². The second-order valence-corrected chi connectivity index (χ2v) is 10.3. The van der Waals surface area contributed by atoms with Crippen molar-refractivity contribution >= 4 is 31.0 Å². The molecule has 0 aliphatic heterocycles. The summed E-state index contributed by atoms with van der Waals surface area (Å²) < 4.78 is 0. The molecule has 6 heteroatoms. The molecule has 5 nitrogen and oxygen atoms in total. The average molecular weight is 581 g/mol. The largest absolute Gasteiger partial charge is 0.356 e. The van der Waals surface area contributed by atoms with Crippen LogP contribution in [-0.2, 0) is 9.59 Å². The Bertz CT molecular complexity index is 994. The molecule has 1 aromatic heterocycles. The monoisotopic (exact) mass is 580 g/mol. The molecule has 1 rings (SSSR count). The summed E-state index contributed by atoms with van der Waals surface area (Å²) in [5.74, 6) is -0.332. The summed E-state index contributed by atoms with van der Waals surface area (Å²) in [6.07, 6.45) is 33.5. The number of aromatic nitrogens is 1. The van der Waals surface area contributed by atoms with E-state index >= 15 is 0 Å². The van der Waals surface area contributed by atoms with E-state index in [0.29, 0.717) is 31.4 Å². The number of unbranched alkanes of at least 4 members (excludes halogenated alkanes) is 1. The van der Waals surface area contributed by atoms with E-state index in [9.17, 15) is 14.4 Å². The van der Waals surface area contributed by atoms with Crippen molar-refractivity contribution in [3.63, 3.8) is 0 Å². The Balaban J connectivity index is 0.0000160. The highest BCUT2D eigenvalue weighted by Crippen LogP contribution is 2.18. The zero-order chi connectivity index (χ0) is 29.3. The molecule has 0 saturated carbocycles. The number of carbonyl (C=O) groups excluding carboxylic acids is 3. The fourth-order valence-electron chi connectivity index (χ4n) is 4.02. The molecule has 0 radical (unpaired) electrons. The molecule has 0 bridgehead atoms. The van der Waals surface area contributed by atoms with E-state index in [0.717, 1.165) is 44.9 Å². The first-order valence-corrected chi connectivity index (χ1v) is 14.9. The zero-order valence-electron chi connectivity index (χ0n) is 25.4. The van der Waals surface area contributed by atoms with Gasteiger partial charge in [0.15, 0.2) is 5.78 Å². The lowest BCUT2D eigenvalue weighted by atomic mass is 9.88. The SMILES string of the molecule is CC/C=C\C/C=C\C/C=C\C/C=C\C/C=C\CCCC(=O)CCCNC(=O)[C@@H](CC(=O)c1cccnc1)C(C)C.S. The van der Waals surface area contributed by atoms with Crippen LogP contribution in [0.4, 0.5) is 0 Å². The fourth-order valence-corrected chi connectivity index (χ4v) is 4.02. The van der Waals surface area contributed by atoms with Crippen LogP contribution >= 0.6 is 13.5 Å². The van der Waals surface area contributed by atoms with Gasteiger partial charge in [0.1, 0.15) is 5.78 Å². The van der Waals surface area contributed by atoms with Crippen LogP contribution in [0.1, 0.15) is 102 Å². The van der Waals surface area contributed by atoms with Crippen LogP contribution in [0.2, 0.25) is 0 Å². The van der Waals surface area contributed by atoms with Gasteiger partial charge >= 0.3 is 0 Å². The number of rotatable bonds is 22. The van der Waals surface area contributed by atoms with Gasteiger partial charge in [-0.25, -0.2) is 0 Å². The molecular formula is C35H52N2O3S. The standard InChI is InChI=1S/C35H50N2O3.H2S/c1-4-5-6-7-8-9-10-11-12-13-14-15-16-17-18-19-20-24-32(38)25-22-27-37-35(40)33(30(2)3)28-34(39)31-23-21-26-36-29-31;/h5-6,8-9,11-12,14-15,17-18,21,23,26,29-30,33H,4,7,10,13,16,19-20,22,24-25,27-28H2,1-3H3,(H,37,40);1H2/b6-5-,9-8-,12-11-,15-14-,18-17-;/t33-;/m0./s1. The molecule has 0 spiro atoms. The number of ketones is 2. The molecule has 1 atom stereocenters. The van der Waals surface area contributed by atoms with Crippen LogP contribution in [0.15, 0.2) is 85.3 Å². The van der Waals surface area contributed by atoms with Crippen LogP contribution in [0.3, 0.4) is 0 Å². The molecule has 1 aromatic rings. The predicted molar refractivity (Wildman–Crippen MR) is 177 cm³/mol. The fraction of sp³-hybridized carbons (Fsp3) is 0.486. The lowest BCUT2D eigenvalue weighted by Crippen LogP contribution is -2.35. The highest BCUT2D eigenvalue weighted by atomic mass is 32.1. The molecule has 41 heavy (non-hydrogen) atoms. The van der Waals surface area contributed by atoms with E-state index in [1.807, 2.05) is 13.8 Å². The number of Topliss-reactive ketones (excluding diaryl/α,β-unsaturated/α-hetero) is 2. The smallest absolute Gasteiger partial charge is 0.223 e. The summed E-state index contributed by atoms with van der Waals surface area (Å²) in [6, 6.07) is 3.44. The quantitative estimate of drug-likeness (QED) is 0.0848. The Kier molecular flexibility index (Phi) is 24.1. The van der Waals surface area contributed by atoms with Crippen molar-refractivity contribution in [2.45, 2.75) is 91.4 Å². The molecule has 1 heterocycles. The van der Waals surface area contributed by atoms with Crippen LogP contribution in [-0.4, -0.2) is 29.0 Å². The van der Waals surface area contributed by atoms with E-state index in [4.69, 9.17) is 0 Å². The second-order valence-electron chi connectivity index (χ2n) is 10.3. The highest BCUT2D eigenvalue weighted by molar-refractivity contribution is 7.59. The highest BCUT2D eigenvalue weighted by Gasteiger charge is 2.25. The van der Waals surface area contributed by atoms with E-state index in [1.165, 1.54) is 6.20 Å². The maximum Gasteiger partial charge on any atom is 0.223 e. The van der Waals surface area contributed by atoms with Gasteiger partial charge in [0.25, 0.3) is 0 Å². The Labute approximate surface area is 255 Å². The third-order valence-electron chi connectivity index (χ3n) is 6.45. The van der Waals surface area contributed by atoms with Gasteiger partial charge in [-0.3, -0.25) is 19.4 Å². The van der Waals surface area contributed by atoms with Gasteiger partial charge in [0.2, 0.25) is 5.91 Å². The van der Waals surface area contributed by atoms with Crippen molar-refractivity contribution in [1.29, 1.82) is 0 Å². The van der Waals surface area contributed by atoms with Gasteiger partial charge in [-0.05, 0) is 69.4 Å². The molecule has 1 N–H and O–H groups in total. The van der Waals surface area contributed by atoms with Crippen LogP contribution in [0.5, 0.6) is 0 Å². The van der Waals surface area contributed by atoms with E-state index in [1.54, 1.807) is 18.3 Å². The van der Waals surface area contributed by atoms with Gasteiger partial charge in [-0.2, -0.15) is 13.5 Å². The molecular weight excluding hydrogens is 528 g/mol. The molecule has 0 saturated heterocycles. The third kappa shape index (κ3) is 20.5. The molecule has 226 valence electrons. The first-order valence-electron chi connectivity index (χ1n) is 14.9. The maximum absolute atomic E-state index is 12.7. The van der Waals surface area contributed by atoms with Crippen molar-refractivity contribution in [3.05, 3.63) is 90.9 Å². The van der Waals surface area contributed by atoms with Gasteiger partial charge in [-0.15, -0.1) is 0 Å². The maximum atomic E-state index is 12.7. The molecule has 0 aliphatic rings. The van der Waals surface area contributed by atoms with Crippen molar-refractivity contribution < 1.29 is 14.4 Å². The lowest BCUT2D eigenvalue weighted by Gasteiger charge is -2.19. The van der Waals surface area contributed by atoms with E-state index < -0.39 is 5.92 Å². The molecule has 1 amide bonds. The summed E-state index contributed by atoms with van der Waals surface area (Å²) in [7, 11) is 0. The molecule has 0 aliphatic carbocycles. The van der Waals surface area contributed by atoms with Crippen LogP contribution in [0, 0.1) is 11.8 Å². The zero-order valence-corrected chi connectivity index (χ0v) is 26.4. The summed E-state index contributed by atoms with van der Waals surface area (Å²) >= 11 is 0. The Morgan fingerprint density at radius 1 is 0.829 bits per heavy atom. The van der Waals surface area contributed by atoms with Gasteiger partial charge in [0.05, 0.1) is 0 Å². The molecule has 0 fully saturated rings. The minimum Gasteiger partial charge on any atom is -0.356 e. The number of hydrogen-bond donors (Lipinski definition) is 1. The number of amides is 1. The van der Waals surface area contributed by atoms with E-state index in [2.05, 4.69) is 78.0 Å². The summed E-state index contributed by atoms with van der Waals surface area (Å²) in [5, 5.41) is 2.92. The van der Waals surface area contributed by atoms with Crippen LogP contribution < -0.4 is 5.32 Å². The van der Waals surface area contributed by atoms with Crippen LogP contribution in [0.25, 0.3) is 0 Å². The Morgan fingerprint density at radius 2 is 1.39 bits per heavy atom. The molecule has 0 unspecified atom stereocenters. The normalized spacial score (nSPS) is 12.7. The topological polar surface area (TPSA) is 76.1 Å². The summed E-state index contributed by atoms with van der Waals surface area (Å²) in [5.41, 5.74) is 0.524.